The second-order valence-corrected chi connectivity index (χ2v) is 10.0. The SMILES string of the molecule is CC12CC=CC=C1c1c([nH]c3ccccc13)N2c1cccc(N(C2=CC=CCC2)c2ccccc2)c1. The summed E-state index contributed by atoms with van der Waals surface area (Å²) in [6, 6.07) is 28.4. The van der Waals surface area contributed by atoms with E-state index < -0.39 is 0 Å². The minimum atomic E-state index is -0.136. The minimum Gasteiger partial charge on any atom is -0.341 e. The molecule has 0 saturated heterocycles. The number of hydrogen-bond donors (Lipinski definition) is 1. The first-order valence-corrected chi connectivity index (χ1v) is 12.8. The maximum absolute atomic E-state index is 3.77. The van der Waals surface area contributed by atoms with Crippen molar-refractivity contribution in [3.63, 3.8) is 0 Å². The fraction of sp³-hybridized carbons (Fsp3) is 0.152. The number of anilines is 4. The Hall–Kier alpha value is -4.24. The molecular formula is C33H29N3. The summed E-state index contributed by atoms with van der Waals surface area (Å²) in [6.45, 7) is 2.38. The van der Waals surface area contributed by atoms with Gasteiger partial charge in [0.15, 0.2) is 0 Å². The number of H-pyrrole nitrogens is 1. The molecule has 0 radical (unpaired) electrons. The van der Waals surface area contributed by atoms with Crippen LogP contribution in [0.2, 0.25) is 0 Å². The fourth-order valence-electron chi connectivity index (χ4n) is 6.15. The number of benzene rings is 3. The number of aromatic nitrogens is 1. The third-order valence-corrected chi connectivity index (χ3v) is 7.81. The van der Waals surface area contributed by atoms with Gasteiger partial charge in [-0.15, -0.1) is 0 Å². The highest BCUT2D eigenvalue weighted by molar-refractivity contribution is 6.07. The highest BCUT2D eigenvalue weighted by Crippen LogP contribution is 2.56. The third-order valence-electron chi connectivity index (χ3n) is 7.81. The van der Waals surface area contributed by atoms with Crippen LogP contribution in [0.5, 0.6) is 0 Å². The summed E-state index contributed by atoms with van der Waals surface area (Å²) < 4.78 is 0. The Balaban J connectivity index is 1.41. The number of para-hydroxylation sites is 2. The van der Waals surface area contributed by atoms with E-state index in [1.54, 1.807) is 0 Å². The average Bonchev–Trinajstić information content (AvgIpc) is 3.41. The van der Waals surface area contributed by atoms with E-state index in [0.29, 0.717) is 0 Å². The van der Waals surface area contributed by atoms with Gasteiger partial charge in [-0.2, -0.15) is 0 Å². The van der Waals surface area contributed by atoms with Crippen molar-refractivity contribution in [2.75, 3.05) is 9.80 Å². The number of hydrogen-bond acceptors (Lipinski definition) is 2. The van der Waals surface area contributed by atoms with E-state index in [-0.39, 0.29) is 5.54 Å². The number of nitrogens with zero attached hydrogens (tertiary/aromatic N) is 2. The Bertz CT molecular complexity index is 1580. The van der Waals surface area contributed by atoms with Crippen molar-refractivity contribution in [3.05, 3.63) is 127 Å². The highest BCUT2D eigenvalue weighted by Gasteiger charge is 2.47. The summed E-state index contributed by atoms with van der Waals surface area (Å²) in [5.74, 6) is 1.19. The van der Waals surface area contributed by atoms with Crippen LogP contribution in [0.1, 0.15) is 31.7 Å². The van der Waals surface area contributed by atoms with Gasteiger partial charge in [0.05, 0.1) is 5.54 Å². The summed E-state index contributed by atoms with van der Waals surface area (Å²) in [5.41, 5.74) is 8.68. The summed E-state index contributed by atoms with van der Waals surface area (Å²) in [6.07, 6.45) is 16.6. The number of nitrogens with one attached hydrogen (secondary N) is 1. The van der Waals surface area contributed by atoms with Crippen molar-refractivity contribution in [2.24, 2.45) is 0 Å². The van der Waals surface area contributed by atoms with Gasteiger partial charge in [0.1, 0.15) is 5.82 Å². The maximum atomic E-state index is 3.77. The van der Waals surface area contributed by atoms with Crippen LogP contribution in [0.15, 0.2) is 121 Å². The van der Waals surface area contributed by atoms with Gasteiger partial charge in [-0.05, 0) is 74.2 Å². The van der Waals surface area contributed by atoms with Gasteiger partial charge in [-0.3, -0.25) is 0 Å². The van der Waals surface area contributed by atoms with Crippen LogP contribution >= 0.6 is 0 Å². The molecule has 0 fully saturated rings. The van der Waals surface area contributed by atoms with E-state index in [2.05, 4.69) is 137 Å². The smallest absolute Gasteiger partial charge is 0.120 e. The molecule has 1 aromatic heterocycles. The zero-order chi connectivity index (χ0) is 24.1. The van der Waals surface area contributed by atoms with Crippen molar-refractivity contribution < 1.29 is 0 Å². The molecule has 7 rings (SSSR count). The molecule has 1 N–H and O–H groups in total. The van der Waals surface area contributed by atoms with E-state index >= 15 is 0 Å². The van der Waals surface area contributed by atoms with Crippen molar-refractivity contribution in [3.8, 4) is 0 Å². The van der Waals surface area contributed by atoms with Crippen molar-refractivity contribution >= 4 is 39.4 Å². The van der Waals surface area contributed by atoms with Gasteiger partial charge in [0.2, 0.25) is 0 Å². The summed E-state index contributed by atoms with van der Waals surface area (Å²) in [4.78, 5) is 8.71. The Morgan fingerprint density at radius 1 is 0.833 bits per heavy atom. The van der Waals surface area contributed by atoms with Crippen LogP contribution in [0.25, 0.3) is 16.5 Å². The van der Waals surface area contributed by atoms with Crippen LogP contribution in [0.4, 0.5) is 22.9 Å². The molecule has 0 amide bonds. The Labute approximate surface area is 212 Å². The number of aromatic amines is 1. The Morgan fingerprint density at radius 2 is 1.64 bits per heavy atom. The van der Waals surface area contributed by atoms with Crippen molar-refractivity contribution in [1.82, 2.24) is 4.98 Å². The monoisotopic (exact) mass is 467 g/mol. The Kier molecular flexibility index (Phi) is 4.78. The molecule has 36 heavy (non-hydrogen) atoms. The van der Waals surface area contributed by atoms with Crippen LogP contribution < -0.4 is 9.80 Å². The summed E-state index contributed by atoms with van der Waals surface area (Å²) in [5, 5.41) is 1.30. The second-order valence-electron chi connectivity index (χ2n) is 10.0. The van der Waals surface area contributed by atoms with Gasteiger partial charge in [0, 0.05) is 39.2 Å². The van der Waals surface area contributed by atoms with E-state index in [1.807, 2.05) is 0 Å². The third kappa shape index (κ3) is 3.12. The lowest BCUT2D eigenvalue weighted by Gasteiger charge is -2.39. The first-order chi connectivity index (χ1) is 17.7. The molecule has 1 unspecified atom stereocenters. The van der Waals surface area contributed by atoms with Crippen molar-refractivity contribution in [1.29, 1.82) is 0 Å². The van der Waals surface area contributed by atoms with E-state index in [9.17, 15) is 0 Å². The normalized spacial score (nSPS) is 20.2. The topological polar surface area (TPSA) is 22.3 Å². The molecule has 3 aliphatic rings. The molecule has 2 heterocycles. The quantitative estimate of drug-likeness (QED) is 0.324. The number of fused-ring (bicyclic) bond motifs is 5. The standard InChI is InChI=1S/C33H29N3/c1-33-22-11-10-20-29(33)31-28-19-8-9-21-30(28)34-32(31)36(33)27-18-12-17-26(23-27)35(24-13-4-2-5-14-24)25-15-6-3-7-16-25/h2-6,8-15,17-21,23,34H,7,16,22H2,1H3. The van der Waals surface area contributed by atoms with E-state index in [1.165, 1.54) is 50.6 Å². The first-order valence-electron chi connectivity index (χ1n) is 12.8. The summed E-state index contributed by atoms with van der Waals surface area (Å²) >= 11 is 0. The molecule has 0 bridgehead atoms. The lowest BCUT2D eigenvalue weighted by atomic mass is 9.83. The predicted molar refractivity (Wildman–Crippen MR) is 152 cm³/mol. The molecule has 3 heteroatoms. The van der Waals surface area contributed by atoms with Crippen LogP contribution in [-0.4, -0.2) is 10.5 Å². The maximum Gasteiger partial charge on any atom is 0.120 e. The molecule has 2 aliphatic carbocycles. The van der Waals surface area contributed by atoms with Gasteiger partial charge in [-0.1, -0.05) is 72.8 Å². The summed E-state index contributed by atoms with van der Waals surface area (Å²) in [7, 11) is 0. The van der Waals surface area contributed by atoms with Gasteiger partial charge in [0.25, 0.3) is 0 Å². The predicted octanol–water partition coefficient (Wildman–Crippen LogP) is 8.79. The molecule has 0 spiro atoms. The molecular weight excluding hydrogens is 438 g/mol. The largest absolute Gasteiger partial charge is 0.341 e. The average molecular weight is 468 g/mol. The lowest BCUT2D eigenvalue weighted by molar-refractivity contribution is 0.604. The molecule has 176 valence electrons. The van der Waals surface area contributed by atoms with Crippen LogP contribution in [-0.2, 0) is 0 Å². The molecule has 1 aliphatic heterocycles. The lowest BCUT2D eigenvalue weighted by Crippen LogP contribution is -2.40. The number of allylic oxidation sites excluding steroid dienone is 6. The number of rotatable bonds is 4. The fourth-order valence-corrected chi connectivity index (χ4v) is 6.15. The molecule has 3 nitrogen and oxygen atoms in total. The zero-order valence-electron chi connectivity index (χ0n) is 20.5. The first kappa shape index (κ1) is 21.1. The van der Waals surface area contributed by atoms with Gasteiger partial charge < -0.3 is 14.8 Å². The van der Waals surface area contributed by atoms with Crippen LogP contribution in [0.3, 0.4) is 0 Å². The molecule has 1 atom stereocenters. The van der Waals surface area contributed by atoms with Gasteiger partial charge >= 0.3 is 0 Å². The van der Waals surface area contributed by atoms with E-state index in [4.69, 9.17) is 0 Å². The minimum absolute atomic E-state index is 0.136. The Morgan fingerprint density at radius 3 is 2.50 bits per heavy atom. The molecule has 0 saturated carbocycles. The van der Waals surface area contributed by atoms with Crippen molar-refractivity contribution in [2.45, 2.75) is 31.7 Å². The molecule has 3 aromatic carbocycles. The second kappa shape index (κ2) is 8.17. The van der Waals surface area contributed by atoms with Crippen LogP contribution in [0, 0.1) is 0 Å². The molecule has 4 aromatic rings. The highest BCUT2D eigenvalue weighted by atomic mass is 15.3. The van der Waals surface area contributed by atoms with Gasteiger partial charge in [-0.25, -0.2) is 0 Å². The van der Waals surface area contributed by atoms with E-state index in [0.717, 1.165) is 19.3 Å². The zero-order valence-corrected chi connectivity index (χ0v) is 20.5.